The summed E-state index contributed by atoms with van der Waals surface area (Å²) in [6, 6.07) is 3.93. The fourth-order valence-electron chi connectivity index (χ4n) is 3.31. The van der Waals surface area contributed by atoms with Crippen molar-refractivity contribution >= 4 is 6.03 Å². The normalized spacial score (nSPS) is 15.1. The van der Waals surface area contributed by atoms with Crippen LogP contribution in [0.15, 0.2) is 24.5 Å². The summed E-state index contributed by atoms with van der Waals surface area (Å²) < 4.78 is 7.91. The number of rotatable bonds is 6. The number of aryl methyl sites for hydroxylation is 1. The quantitative estimate of drug-likeness (QED) is 0.847. The molecule has 3 heterocycles. The number of hydrogen-bond acceptors (Lipinski definition) is 4. The van der Waals surface area contributed by atoms with E-state index in [9.17, 15) is 4.79 Å². The second kappa shape index (κ2) is 8.99. The van der Waals surface area contributed by atoms with Crippen molar-refractivity contribution in [1.82, 2.24) is 25.0 Å². The third kappa shape index (κ3) is 5.07. The summed E-state index contributed by atoms with van der Waals surface area (Å²) in [6.45, 7) is 9.45. The molecule has 0 saturated carbocycles. The molecule has 2 aromatic rings. The molecule has 0 spiro atoms. The number of piperidine rings is 1. The second-order valence-corrected chi connectivity index (χ2v) is 7.11. The monoisotopic (exact) mass is 371 g/mol. The van der Waals surface area contributed by atoms with Gasteiger partial charge in [-0.25, -0.2) is 4.79 Å². The molecule has 0 aromatic carbocycles. The summed E-state index contributed by atoms with van der Waals surface area (Å²) in [4.78, 5) is 18.3. The number of aromatic nitrogens is 3. The van der Waals surface area contributed by atoms with Crippen molar-refractivity contribution in [1.29, 1.82) is 0 Å². The Balaban J connectivity index is 1.36. The molecule has 0 aliphatic carbocycles. The summed E-state index contributed by atoms with van der Waals surface area (Å²) >= 11 is 0. The molecular weight excluding hydrogens is 342 g/mol. The Hall–Kier alpha value is -2.41. The molecule has 3 rings (SSSR count). The molecule has 0 bridgehead atoms. The maximum atomic E-state index is 12.4. The first kappa shape index (κ1) is 19.4. The smallest absolute Gasteiger partial charge is 0.317 e. The lowest BCUT2D eigenvalue weighted by Gasteiger charge is -2.32. The summed E-state index contributed by atoms with van der Waals surface area (Å²) in [5.41, 5.74) is 4.51. The third-order valence-electron chi connectivity index (χ3n) is 5.28. The zero-order valence-corrected chi connectivity index (χ0v) is 16.4. The number of pyridine rings is 1. The van der Waals surface area contributed by atoms with E-state index in [1.807, 2.05) is 34.8 Å². The molecule has 7 nitrogen and oxygen atoms in total. The lowest BCUT2D eigenvalue weighted by molar-refractivity contribution is 0.00436. The van der Waals surface area contributed by atoms with E-state index in [4.69, 9.17) is 4.74 Å². The van der Waals surface area contributed by atoms with E-state index in [1.165, 1.54) is 5.56 Å². The topological polar surface area (TPSA) is 72.3 Å². The number of urea groups is 1. The average Bonchev–Trinajstić information content (AvgIpc) is 2.94. The van der Waals surface area contributed by atoms with Crippen molar-refractivity contribution in [2.24, 2.45) is 0 Å². The number of likely N-dealkylation sites (tertiary alicyclic amines) is 1. The average molecular weight is 371 g/mol. The second-order valence-electron chi connectivity index (χ2n) is 7.11. The number of carbonyl (C=O) groups excluding carboxylic acids is 1. The highest BCUT2D eigenvalue weighted by Gasteiger charge is 2.23. The minimum atomic E-state index is -0.000961. The standard InChI is InChI=1S/C20H29N5O2/c1-15-16(2)23-25(17(15)3)12-9-22-20(26)24-10-6-19(7-11-24)27-14-18-5-4-8-21-13-18/h4-5,8,13,19H,6-7,9-12,14H2,1-3H3,(H,22,26). The van der Waals surface area contributed by atoms with Crippen LogP contribution >= 0.6 is 0 Å². The van der Waals surface area contributed by atoms with E-state index in [1.54, 1.807) is 6.20 Å². The zero-order chi connectivity index (χ0) is 19.2. The van der Waals surface area contributed by atoms with Gasteiger partial charge in [-0.1, -0.05) is 6.07 Å². The Labute approximate surface area is 160 Å². The van der Waals surface area contributed by atoms with Crippen LogP contribution in [0.2, 0.25) is 0 Å². The van der Waals surface area contributed by atoms with E-state index in [0.29, 0.717) is 19.7 Å². The molecule has 1 saturated heterocycles. The molecule has 0 radical (unpaired) electrons. The van der Waals surface area contributed by atoms with E-state index in [2.05, 4.69) is 29.2 Å². The van der Waals surface area contributed by atoms with Gasteiger partial charge in [0.25, 0.3) is 0 Å². The highest BCUT2D eigenvalue weighted by molar-refractivity contribution is 5.74. The lowest BCUT2D eigenvalue weighted by Crippen LogP contribution is -2.46. The Morgan fingerprint density at radius 1 is 1.30 bits per heavy atom. The maximum Gasteiger partial charge on any atom is 0.317 e. The predicted octanol–water partition coefficient (Wildman–Crippen LogP) is 2.59. The number of nitrogens with one attached hydrogen (secondary N) is 1. The van der Waals surface area contributed by atoms with Crippen LogP contribution in [-0.4, -0.2) is 51.4 Å². The molecular formula is C20H29N5O2. The van der Waals surface area contributed by atoms with Gasteiger partial charge in [0.1, 0.15) is 0 Å². The first-order valence-corrected chi connectivity index (χ1v) is 9.58. The minimum absolute atomic E-state index is 0.000961. The molecule has 0 unspecified atom stereocenters. The fourth-order valence-corrected chi connectivity index (χ4v) is 3.31. The Morgan fingerprint density at radius 2 is 2.07 bits per heavy atom. The van der Waals surface area contributed by atoms with Gasteiger partial charge in [0.2, 0.25) is 0 Å². The van der Waals surface area contributed by atoms with Crippen LogP contribution in [0, 0.1) is 20.8 Å². The van der Waals surface area contributed by atoms with Gasteiger partial charge in [-0.15, -0.1) is 0 Å². The van der Waals surface area contributed by atoms with Gasteiger partial charge in [-0.3, -0.25) is 9.67 Å². The van der Waals surface area contributed by atoms with Gasteiger partial charge in [0.05, 0.1) is 24.9 Å². The van der Waals surface area contributed by atoms with Crippen LogP contribution < -0.4 is 5.32 Å². The summed E-state index contributed by atoms with van der Waals surface area (Å²) in [6.07, 6.45) is 5.52. The van der Waals surface area contributed by atoms with Gasteiger partial charge in [0.15, 0.2) is 0 Å². The molecule has 1 N–H and O–H groups in total. The van der Waals surface area contributed by atoms with Crippen LogP contribution in [0.4, 0.5) is 4.79 Å². The van der Waals surface area contributed by atoms with Crippen LogP contribution in [0.25, 0.3) is 0 Å². The largest absolute Gasteiger partial charge is 0.373 e. The maximum absolute atomic E-state index is 12.4. The molecule has 2 amide bonds. The van der Waals surface area contributed by atoms with E-state index in [0.717, 1.165) is 42.9 Å². The highest BCUT2D eigenvalue weighted by Crippen LogP contribution is 2.15. The summed E-state index contributed by atoms with van der Waals surface area (Å²) in [7, 11) is 0. The predicted molar refractivity (Wildman–Crippen MR) is 103 cm³/mol. The van der Waals surface area contributed by atoms with Crippen molar-refractivity contribution in [2.45, 2.75) is 52.9 Å². The van der Waals surface area contributed by atoms with E-state index in [-0.39, 0.29) is 12.1 Å². The SMILES string of the molecule is Cc1nn(CCNC(=O)N2CCC(OCc3cccnc3)CC2)c(C)c1C. The number of amides is 2. The minimum Gasteiger partial charge on any atom is -0.373 e. The van der Waals surface area contributed by atoms with Crippen LogP contribution in [0.5, 0.6) is 0 Å². The highest BCUT2D eigenvalue weighted by atomic mass is 16.5. The van der Waals surface area contributed by atoms with Crippen molar-refractivity contribution in [3.63, 3.8) is 0 Å². The van der Waals surface area contributed by atoms with Crippen molar-refractivity contribution in [2.75, 3.05) is 19.6 Å². The number of nitrogens with zero attached hydrogens (tertiary/aromatic N) is 4. The Kier molecular flexibility index (Phi) is 6.45. The third-order valence-corrected chi connectivity index (χ3v) is 5.28. The summed E-state index contributed by atoms with van der Waals surface area (Å²) in [5, 5.41) is 7.51. The molecule has 0 atom stereocenters. The van der Waals surface area contributed by atoms with E-state index < -0.39 is 0 Å². The van der Waals surface area contributed by atoms with Gasteiger partial charge in [-0.05, 0) is 50.8 Å². The molecule has 1 fully saturated rings. The Bertz CT molecular complexity index is 751. The Morgan fingerprint density at radius 3 is 2.70 bits per heavy atom. The summed E-state index contributed by atoms with van der Waals surface area (Å²) in [5.74, 6) is 0. The van der Waals surface area contributed by atoms with Gasteiger partial charge in [-0.2, -0.15) is 5.10 Å². The lowest BCUT2D eigenvalue weighted by atomic mass is 10.1. The zero-order valence-electron chi connectivity index (χ0n) is 16.4. The molecule has 7 heteroatoms. The van der Waals surface area contributed by atoms with Gasteiger partial charge in [0, 0.05) is 37.7 Å². The molecule has 146 valence electrons. The molecule has 1 aliphatic heterocycles. The first-order chi connectivity index (χ1) is 13.0. The molecule has 2 aromatic heterocycles. The van der Waals surface area contributed by atoms with Crippen molar-refractivity contribution < 1.29 is 9.53 Å². The first-order valence-electron chi connectivity index (χ1n) is 9.58. The van der Waals surface area contributed by atoms with Crippen molar-refractivity contribution in [3.05, 3.63) is 47.0 Å². The van der Waals surface area contributed by atoms with E-state index >= 15 is 0 Å². The number of ether oxygens (including phenoxy) is 1. The van der Waals surface area contributed by atoms with Crippen LogP contribution in [0.3, 0.4) is 0 Å². The fraction of sp³-hybridized carbons (Fsp3) is 0.550. The number of hydrogen-bond donors (Lipinski definition) is 1. The number of carbonyl (C=O) groups is 1. The van der Waals surface area contributed by atoms with Crippen LogP contribution in [0.1, 0.15) is 35.4 Å². The molecule has 1 aliphatic rings. The van der Waals surface area contributed by atoms with Gasteiger partial charge >= 0.3 is 6.03 Å². The van der Waals surface area contributed by atoms with Gasteiger partial charge < -0.3 is 15.0 Å². The van der Waals surface area contributed by atoms with Crippen LogP contribution in [-0.2, 0) is 17.9 Å². The van der Waals surface area contributed by atoms with Crippen molar-refractivity contribution in [3.8, 4) is 0 Å². The molecule has 27 heavy (non-hydrogen) atoms.